The zero-order valence-corrected chi connectivity index (χ0v) is 15.0. The van der Waals surface area contributed by atoms with Gasteiger partial charge in [-0.05, 0) is 54.2 Å². The molecule has 0 aromatic heterocycles. The monoisotopic (exact) mass is 390 g/mol. The van der Waals surface area contributed by atoms with E-state index in [-0.39, 0.29) is 16.4 Å². The van der Waals surface area contributed by atoms with Gasteiger partial charge in [-0.2, -0.15) is 0 Å². The smallest absolute Gasteiger partial charge is 0.270 e. The van der Waals surface area contributed by atoms with Gasteiger partial charge >= 0.3 is 0 Å². The van der Waals surface area contributed by atoms with Crippen LogP contribution >= 0.6 is 23.8 Å². The van der Waals surface area contributed by atoms with Crippen molar-refractivity contribution in [3.05, 3.63) is 64.4 Å². The number of rotatable bonds is 3. The first-order chi connectivity index (χ1) is 12.4. The van der Waals surface area contributed by atoms with Crippen molar-refractivity contribution in [2.24, 2.45) is 0 Å². The highest BCUT2D eigenvalue weighted by Gasteiger charge is 2.34. The van der Waals surface area contributed by atoms with E-state index in [2.05, 4.69) is 5.32 Å². The number of nitrogens with one attached hydrogen (secondary N) is 1. The molecule has 3 rings (SSSR count). The van der Waals surface area contributed by atoms with E-state index in [1.807, 2.05) is 0 Å². The zero-order chi connectivity index (χ0) is 18.8. The molecule has 5 nitrogen and oxygen atoms in total. The maximum absolute atomic E-state index is 13.5. The Labute approximate surface area is 159 Å². The van der Waals surface area contributed by atoms with E-state index in [0.29, 0.717) is 16.3 Å². The fraction of sp³-hybridized carbons (Fsp3) is 0.0556. The van der Waals surface area contributed by atoms with Crippen molar-refractivity contribution >= 4 is 52.5 Å². The molecule has 0 atom stereocenters. The van der Waals surface area contributed by atoms with Crippen LogP contribution in [-0.2, 0) is 9.59 Å². The molecule has 8 heteroatoms. The fourth-order valence-corrected chi connectivity index (χ4v) is 2.99. The fourth-order valence-electron chi connectivity index (χ4n) is 2.45. The number of halogens is 2. The van der Waals surface area contributed by atoms with Gasteiger partial charge in [0, 0.05) is 0 Å². The number of thiocarbonyl (C=S) groups is 1. The normalized spacial score (nSPS) is 16.0. The van der Waals surface area contributed by atoms with Crippen molar-refractivity contribution in [1.82, 2.24) is 5.32 Å². The van der Waals surface area contributed by atoms with E-state index >= 15 is 0 Å². The molecule has 1 heterocycles. The Kier molecular flexibility index (Phi) is 5.01. The molecule has 0 bridgehead atoms. The third-order valence-corrected chi connectivity index (χ3v) is 4.23. The third-order valence-electron chi connectivity index (χ3n) is 3.65. The van der Waals surface area contributed by atoms with E-state index in [1.54, 1.807) is 18.2 Å². The number of carbonyl (C=O) groups is 2. The van der Waals surface area contributed by atoms with Gasteiger partial charge in [0.2, 0.25) is 0 Å². The molecule has 26 heavy (non-hydrogen) atoms. The van der Waals surface area contributed by atoms with Crippen LogP contribution in [0.25, 0.3) is 6.08 Å². The van der Waals surface area contributed by atoms with Crippen LogP contribution in [0.15, 0.2) is 48.0 Å². The van der Waals surface area contributed by atoms with Crippen molar-refractivity contribution in [3.8, 4) is 5.75 Å². The number of hydrogen-bond acceptors (Lipinski definition) is 4. The Bertz CT molecular complexity index is 961. The van der Waals surface area contributed by atoms with Crippen LogP contribution < -0.4 is 15.0 Å². The molecule has 1 saturated heterocycles. The van der Waals surface area contributed by atoms with Crippen molar-refractivity contribution in [2.75, 3.05) is 12.0 Å². The number of carbonyl (C=O) groups excluding carboxylic acids is 2. The molecule has 1 aliphatic rings. The first kappa shape index (κ1) is 18.0. The van der Waals surface area contributed by atoms with E-state index in [0.717, 1.165) is 11.0 Å². The number of methoxy groups -OCH3 is 1. The van der Waals surface area contributed by atoms with Gasteiger partial charge in [0.25, 0.3) is 11.8 Å². The number of amides is 2. The van der Waals surface area contributed by atoms with Gasteiger partial charge in [-0.1, -0.05) is 23.7 Å². The summed E-state index contributed by atoms with van der Waals surface area (Å²) in [6.45, 7) is 0. The SMILES string of the molecule is COc1ccc(/C=C2/C(=O)NC(=S)N(c3cccc(F)c3)C2=O)cc1Cl. The predicted molar refractivity (Wildman–Crippen MR) is 101 cm³/mol. The summed E-state index contributed by atoms with van der Waals surface area (Å²) in [6, 6.07) is 10.2. The van der Waals surface area contributed by atoms with Gasteiger partial charge in [-0.25, -0.2) is 4.39 Å². The molecule has 2 aromatic carbocycles. The summed E-state index contributed by atoms with van der Waals surface area (Å²) < 4.78 is 18.6. The Hall–Kier alpha value is -2.77. The highest BCUT2D eigenvalue weighted by Crippen LogP contribution is 2.27. The summed E-state index contributed by atoms with van der Waals surface area (Å²) in [6.07, 6.45) is 1.39. The second kappa shape index (κ2) is 7.23. The summed E-state index contributed by atoms with van der Waals surface area (Å²) in [5.41, 5.74) is 0.601. The summed E-state index contributed by atoms with van der Waals surface area (Å²) in [7, 11) is 1.48. The first-order valence-corrected chi connectivity index (χ1v) is 8.20. The molecule has 0 aliphatic carbocycles. The maximum atomic E-state index is 13.5. The van der Waals surface area contributed by atoms with Gasteiger partial charge in [0.1, 0.15) is 17.1 Å². The standard InChI is InChI=1S/C18H12ClFN2O3S/c1-25-15-6-5-10(8-14(15)19)7-13-16(23)21-18(26)22(17(13)24)12-4-2-3-11(20)9-12/h2-9H,1H3,(H,21,23,26)/b13-7-. The lowest BCUT2D eigenvalue weighted by atomic mass is 10.1. The summed E-state index contributed by atoms with van der Waals surface area (Å²) in [4.78, 5) is 26.1. The van der Waals surface area contributed by atoms with Crippen LogP contribution in [0, 0.1) is 5.82 Å². The van der Waals surface area contributed by atoms with Crippen LogP contribution in [0.4, 0.5) is 10.1 Å². The average molecular weight is 391 g/mol. The molecule has 132 valence electrons. The lowest BCUT2D eigenvalue weighted by Crippen LogP contribution is -2.54. The molecular formula is C18H12ClFN2O3S. The number of benzene rings is 2. The number of nitrogens with zero attached hydrogens (tertiary/aromatic N) is 1. The van der Waals surface area contributed by atoms with Crippen molar-refractivity contribution in [3.63, 3.8) is 0 Å². The molecule has 0 spiro atoms. The van der Waals surface area contributed by atoms with E-state index in [9.17, 15) is 14.0 Å². The van der Waals surface area contributed by atoms with Crippen LogP contribution in [0.3, 0.4) is 0 Å². The average Bonchev–Trinajstić information content (AvgIpc) is 2.58. The van der Waals surface area contributed by atoms with Crippen LogP contribution in [0.1, 0.15) is 5.56 Å². The van der Waals surface area contributed by atoms with Crippen molar-refractivity contribution in [1.29, 1.82) is 0 Å². The van der Waals surface area contributed by atoms with Gasteiger partial charge in [0.05, 0.1) is 17.8 Å². The Morgan fingerprint density at radius 3 is 2.65 bits per heavy atom. The molecule has 2 aromatic rings. The molecule has 0 saturated carbocycles. The van der Waals surface area contributed by atoms with Crippen LogP contribution in [0.5, 0.6) is 5.75 Å². The Morgan fingerprint density at radius 1 is 1.23 bits per heavy atom. The minimum absolute atomic E-state index is 0.115. The molecular weight excluding hydrogens is 379 g/mol. The number of ether oxygens (including phenoxy) is 1. The molecule has 0 radical (unpaired) electrons. The Balaban J connectivity index is 2.01. The molecule has 1 aliphatic heterocycles. The van der Waals surface area contributed by atoms with E-state index in [4.69, 9.17) is 28.6 Å². The topological polar surface area (TPSA) is 58.6 Å². The van der Waals surface area contributed by atoms with Gasteiger partial charge in [0.15, 0.2) is 5.11 Å². The van der Waals surface area contributed by atoms with Crippen LogP contribution in [-0.4, -0.2) is 24.0 Å². The largest absolute Gasteiger partial charge is 0.495 e. The second-order valence-corrected chi connectivity index (χ2v) is 6.13. The molecule has 1 fully saturated rings. The molecule has 1 N–H and O–H groups in total. The lowest BCUT2D eigenvalue weighted by Gasteiger charge is -2.28. The van der Waals surface area contributed by atoms with Crippen molar-refractivity contribution in [2.45, 2.75) is 0 Å². The summed E-state index contributed by atoms with van der Waals surface area (Å²) in [5, 5.41) is 2.66. The quantitative estimate of drug-likeness (QED) is 0.496. The second-order valence-electron chi connectivity index (χ2n) is 5.33. The van der Waals surface area contributed by atoms with Gasteiger partial charge in [-0.15, -0.1) is 0 Å². The van der Waals surface area contributed by atoms with Gasteiger partial charge < -0.3 is 4.74 Å². The Morgan fingerprint density at radius 2 is 2.00 bits per heavy atom. The highest BCUT2D eigenvalue weighted by molar-refractivity contribution is 7.80. The first-order valence-electron chi connectivity index (χ1n) is 7.41. The highest BCUT2D eigenvalue weighted by atomic mass is 35.5. The van der Waals surface area contributed by atoms with Crippen LogP contribution in [0.2, 0.25) is 5.02 Å². The maximum Gasteiger partial charge on any atom is 0.270 e. The van der Waals surface area contributed by atoms with E-state index < -0.39 is 17.6 Å². The zero-order valence-electron chi connectivity index (χ0n) is 13.5. The molecule has 2 amide bonds. The number of hydrogen-bond donors (Lipinski definition) is 1. The number of anilines is 1. The van der Waals surface area contributed by atoms with E-state index in [1.165, 1.54) is 31.4 Å². The lowest BCUT2D eigenvalue weighted by molar-refractivity contribution is -0.122. The van der Waals surface area contributed by atoms with Crippen molar-refractivity contribution < 1.29 is 18.7 Å². The third kappa shape index (κ3) is 3.44. The summed E-state index contributed by atoms with van der Waals surface area (Å²) in [5.74, 6) is -1.35. The van der Waals surface area contributed by atoms with Gasteiger partial charge in [-0.3, -0.25) is 19.8 Å². The predicted octanol–water partition coefficient (Wildman–Crippen LogP) is 3.32. The molecule has 0 unspecified atom stereocenters. The summed E-state index contributed by atoms with van der Waals surface area (Å²) >= 11 is 11.1. The minimum Gasteiger partial charge on any atom is -0.495 e. The minimum atomic E-state index is -0.656.